The van der Waals surface area contributed by atoms with Gasteiger partial charge in [0, 0.05) is 27.5 Å². The lowest BCUT2D eigenvalue weighted by atomic mass is 10.0. The molecule has 0 saturated carbocycles. The van der Waals surface area contributed by atoms with Gasteiger partial charge in [-0.15, -0.1) is 11.3 Å². The van der Waals surface area contributed by atoms with Crippen LogP contribution in [0.3, 0.4) is 0 Å². The zero-order chi connectivity index (χ0) is 16.8. The standard InChI is InChI=1S/C21H13NO2S/c23-14-8-9-15-18(11-14)24-21-20(15)16(19-7-4-10-25-19)12-17(22-21)13-5-2-1-3-6-13/h1-12,23H. The summed E-state index contributed by atoms with van der Waals surface area (Å²) in [7, 11) is 0. The maximum absolute atomic E-state index is 9.76. The molecule has 25 heavy (non-hydrogen) atoms. The molecular formula is C21H13NO2S. The van der Waals surface area contributed by atoms with Crippen LogP contribution in [0.2, 0.25) is 0 Å². The smallest absolute Gasteiger partial charge is 0.228 e. The third-order valence-electron chi connectivity index (χ3n) is 4.28. The zero-order valence-electron chi connectivity index (χ0n) is 13.1. The molecule has 2 aromatic carbocycles. The Hall–Kier alpha value is -3.11. The first-order chi connectivity index (χ1) is 12.3. The van der Waals surface area contributed by atoms with Gasteiger partial charge in [0.25, 0.3) is 0 Å². The Morgan fingerprint density at radius 2 is 1.80 bits per heavy atom. The van der Waals surface area contributed by atoms with Crippen LogP contribution in [0.4, 0.5) is 0 Å². The minimum absolute atomic E-state index is 0.188. The Labute approximate surface area is 147 Å². The highest BCUT2D eigenvalue weighted by atomic mass is 32.1. The first-order valence-electron chi connectivity index (χ1n) is 7.95. The molecule has 120 valence electrons. The van der Waals surface area contributed by atoms with Crippen molar-refractivity contribution in [3.05, 3.63) is 72.1 Å². The van der Waals surface area contributed by atoms with E-state index in [0.717, 1.165) is 27.6 Å². The summed E-state index contributed by atoms with van der Waals surface area (Å²) in [5, 5.41) is 13.8. The topological polar surface area (TPSA) is 46.3 Å². The SMILES string of the molecule is Oc1ccc2c(c1)oc1nc(-c3ccccc3)cc(-c3cccs3)c12. The molecule has 3 heterocycles. The minimum atomic E-state index is 0.188. The fourth-order valence-corrected chi connectivity index (χ4v) is 3.89. The van der Waals surface area contributed by atoms with E-state index in [2.05, 4.69) is 17.5 Å². The Morgan fingerprint density at radius 1 is 0.920 bits per heavy atom. The van der Waals surface area contributed by atoms with Gasteiger partial charge >= 0.3 is 0 Å². The Bertz CT molecular complexity index is 1190. The van der Waals surface area contributed by atoms with Gasteiger partial charge in [0.05, 0.1) is 11.1 Å². The van der Waals surface area contributed by atoms with Crippen molar-refractivity contribution in [2.24, 2.45) is 0 Å². The number of furan rings is 1. The van der Waals surface area contributed by atoms with Gasteiger partial charge in [-0.3, -0.25) is 0 Å². The van der Waals surface area contributed by atoms with E-state index in [1.54, 1.807) is 23.5 Å². The molecule has 3 aromatic heterocycles. The van der Waals surface area contributed by atoms with Crippen LogP contribution >= 0.6 is 11.3 Å². The molecule has 0 spiro atoms. The maximum atomic E-state index is 9.76. The Balaban J connectivity index is 1.90. The van der Waals surface area contributed by atoms with E-state index in [9.17, 15) is 5.11 Å². The summed E-state index contributed by atoms with van der Waals surface area (Å²) in [6.45, 7) is 0. The molecule has 0 bridgehead atoms. The molecule has 0 saturated heterocycles. The summed E-state index contributed by atoms with van der Waals surface area (Å²) in [5.74, 6) is 0.188. The van der Waals surface area contributed by atoms with Crippen molar-refractivity contribution in [3.63, 3.8) is 0 Å². The Kier molecular flexibility index (Phi) is 3.11. The molecule has 3 nitrogen and oxygen atoms in total. The summed E-state index contributed by atoms with van der Waals surface area (Å²) in [6, 6.07) is 21.6. The number of hydrogen-bond acceptors (Lipinski definition) is 4. The van der Waals surface area contributed by atoms with E-state index < -0.39 is 0 Å². The van der Waals surface area contributed by atoms with Gasteiger partial charge in [-0.25, -0.2) is 4.98 Å². The number of benzene rings is 2. The number of aromatic nitrogens is 1. The molecule has 0 amide bonds. The van der Waals surface area contributed by atoms with Crippen LogP contribution in [0, 0.1) is 0 Å². The van der Waals surface area contributed by atoms with E-state index in [-0.39, 0.29) is 5.75 Å². The number of nitrogens with zero attached hydrogens (tertiary/aromatic N) is 1. The van der Waals surface area contributed by atoms with Crippen LogP contribution in [0.25, 0.3) is 43.8 Å². The molecule has 0 aliphatic carbocycles. The summed E-state index contributed by atoms with van der Waals surface area (Å²) >= 11 is 1.69. The lowest BCUT2D eigenvalue weighted by Crippen LogP contribution is -1.86. The van der Waals surface area contributed by atoms with E-state index in [4.69, 9.17) is 9.40 Å². The number of pyridine rings is 1. The largest absolute Gasteiger partial charge is 0.508 e. The predicted octanol–water partition coefficient (Wildman–Crippen LogP) is 6.08. The van der Waals surface area contributed by atoms with Crippen molar-refractivity contribution in [1.29, 1.82) is 0 Å². The molecule has 0 fully saturated rings. The van der Waals surface area contributed by atoms with Gasteiger partial charge in [-0.1, -0.05) is 36.4 Å². The van der Waals surface area contributed by atoms with Gasteiger partial charge < -0.3 is 9.52 Å². The van der Waals surface area contributed by atoms with Gasteiger partial charge in [0.1, 0.15) is 11.3 Å². The number of rotatable bonds is 2. The highest BCUT2D eigenvalue weighted by Gasteiger charge is 2.17. The molecular weight excluding hydrogens is 330 g/mol. The molecule has 0 radical (unpaired) electrons. The molecule has 0 aliphatic heterocycles. The lowest BCUT2D eigenvalue weighted by molar-refractivity contribution is 0.475. The normalized spacial score (nSPS) is 11.4. The number of aromatic hydroxyl groups is 1. The first-order valence-corrected chi connectivity index (χ1v) is 8.83. The molecule has 4 heteroatoms. The Morgan fingerprint density at radius 3 is 2.60 bits per heavy atom. The number of phenols is 1. The maximum Gasteiger partial charge on any atom is 0.228 e. The second kappa shape index (κ2) is 5.46. The second-order valence-electron chi connectivity index (χ2n) is 5.86. The first kappa shape index (κ1) is 14.3. The van der Waals surface area contributed by atoms with Crippen molar-refractivity contribution in [2.75, 3.05) is 0 Å². The molecule has 5 rings (SSSR count). The average molecular weight is 343 g/mol. The molecule has 1 N–H and O–H groups in total. The average Bonchev–Trinajstić information content (AvgIpc) is 3.28. The fourth-order valence-electron chi connectivity index (χ4n) is 3.14. The van der Waals surface area contributed by atoms with Gasteiger partial charge in [-0.05, 0) is 29.6 Å². The van der Waals surface area contributed by atoms with Crippen LogP contribution in [0.1, 0.15) is 0 Å². The fraction of sp³-hybridized carbons (Fsp3) is 0. The van der Waals surface area contributed by atoms with Crippen molar-refractivity contribution in [3.8, 4) is 27.4 Å². The van der Waals surface area contributed by atoms with Crippen LogP contribution in [-0.2, 0) is 0 Å². The highest BCUT2D eigenvalue weighted by Crippen LogP contribution is 2.40. The van der Waals surface area contributed by atoms with E-state index >= 15 is 0 Å². The van der Waals surface area contributed by atoms with E-state index in [1.165, 1.54) is 4.88 Å². The molecule has 0 atom stereocenters. The van der Waals surface area contributed by atoms with Crippen molar-refractivity contribution in [1.82, 2.24) is 4.98 Å². The van der Waals surface area contributed by atoms with Gasteiger partial charge in [0.15, 0.2) is 0 Å². The molecule has 5 aromatic rings. The number of phenolic OH excluding ortho intramolecular Hbond substituents is 1. The van der Waals surface area contributed by atoms with E-state index in [1.807, 2.05) is 42.5 Å². The van der Waals surface area contributed by atoms with Gasteiger partial charge in [0.2, 0.25) is 5.71 Å². The summed E-state index contributed by atoms with van der Waals surface area (Å²) in [6.07, 6.45) is 0. The third kappa shape index (κ3) is 2.30. The monoisotopic (exact) mass is 343 g/mol. The van der Waals surface area contributed by atoms with Crippen LogP contribution in [-0.4, -0.2) is 10.1 Å². The van der Waals surface area contributed by atoms with Crippen LogP contribution in [0.5, 0.6) is 5.75 Å². The zero-order valence-corrected chi connectivity index (χ0v) is 14.0. The van der Waals surface area contributed by atoms with Crippen molar-refractivity contribution >= 4 is 33.4 Å². The highest BCUT2D eigenvalue weighted by molar-refractivity contribution is 7.13. The van der Waals surface area contributed by atoms with E-state index in [0.29, 0.717) is 11.3 Å². The quantitative estimate of drug-likeness (QED) is 0.422. The third-order valence-corrected chi connectivity index (χ3v) is 5.19. The van der Waals surface area contributed by atoms with Crippen LogP contribution < -0.4 is 0 Å². The van der Waals surface area contributed by atoms with Gasteiger partial charge in [-0.2, -0.15) is 0 Å². The number of fused-ring (bicyclic) bond motifs is 3. The molecule has 0 aliphatic rings. The van der Waals surface area contributed by atoms with Crippen molar-refractivity contribution < 1.29 is 9.52 Å². The second-order valence-corrected chi connectivity index (χ2v) is 6.81. The molecule has 0 unspecified atom stereocenters. The number of thiophene rings is 1. The lowest BCUT2D eigenvalue weighted by Gasteiger charge is -2.05. The number of hydrogen-bond donors (Lipinski definition) is 1. The minimum Gasteiger partial charge on any atom is -0.508 e. The summed E-state index contributed by atoms with van der Waals surface area (Å²) in [5.41, 5.74) is 4.25. The van der Waals surface area contributed by atoms with Crippen LogP contribution in [0.15, 0.2) is 76.5 Å². The predicted molar refractivity (Wildman–Crippen MR) is 102 cm³/mol. The van der Waals surface area contributed by atoms with Crippen molar-refractivity contribution in [2.45, 2.75) is 0 Å². The summed E-state index contributed by atoms with van der Waals surface area (Å²) in [4.78, 5) is 5.91. The summed E-state index contributed by atoms with van der Waals surface area (Å²) < 4.78 is 5.97.